The van der Waals surface area contributed by atoms with E-state index in [-0.39, 0.29) is 37.0 Å². The van der Waals surface area contributed by atoms with Gasteiger partial charge < -0.3 is 31.1 Å². The highest BCUT2D eigenvalue weighted by Crippen LogP contribution is 2.26. The Morgan fingerprint density at radius 3 is 1.39 bits per heavy atom. The molecule has 2 aromatic carbocycles. The normalized spacial score (nSPS) is 15.0. The van der Waals surface area contributed by atoms with Crippen LogP contribution in [0, 0.1) is 0 Å². The summed E-state index contributed by atoms with van der Waals surface area (Å²) in [4.78, 5) is 15.8. The standard InChI is InChI=1S/C17H30N3P.C11H13NO.C7H19BN2O.2C2H6.2CH4/c1-16(2,17(3,4)19-21)18-14-10-12-20(13-11-14)15-8-6-5-7-9-15;13-11-6-8-12(9-7-11)10-4-2-1-3-5-10;1-6(2,9)7(3,4)10-8(5)11;2*1-2;;/h5-9,14,18-19H,10-13,21H2,1-4H3;1-5H,6-9H2;10-11H,9H2,1-5H3;2*1-2H3;2*1H4. The molecular weight excluding hydrogens is 650 g/mol. The van der Waals surface area contributed by atoms with Crippen LogP contribution in [0.5, 0.6) is 0 Å². The molecule has 296 valence electrons. The third kappa shape index (κ3) is 19.1. The molecule has 0 spiro atoms. The second-order valence-corrected chi connectivity index (χ2v) is 15.0. The zero-order valence-corrected chi connectivity index (χ0v) is 34.6. The van der Waals surface area contributed by atoms with E-state index in [0.717, 1.165) is 26.2 Å². The van der Waals surface area contributed by atoms with Crippen molar-refractivity contribution in [3.63, 3.8) is 0 Å². The molecule has 2 heterocycles. The van der Waals surface area contributed by atoms with Crippen molar-refractivity contribution in [2.24, 2.45) is 5.73 Å². The lowest BCUT2D eigenvalue weighted by Crippen LogP contribution is -2.64. The number of anilines is 2. The number of hydrogen-bond donors (Lipinski definition) is 5. The molecule has 0 aromatic heterocycles. The second kappa shape index (κ2) is 25.9. The maximum Gasteiger partial charge on any atom is 0.374 e. The van der Waals surface area contributed by atoms with E-state index < -0.39 is 7.05 Å². The van der Waals surface area contributed by atoms with Crippen LogP contribution in [0.1, 0.15) is 124 Å². The number of nitrogens with one attached hydrogen (secondary N) is 3. The minimum absolute atomic E-state index is 0. The molecule has 0 radical (unpaired) electrons. The van der Waals surface area contributed by atoms with Gasteiger partial charge in [0.2, 0.25) is 0 Å². The molecule has 2 saturated heterocycles. The monoisotopic (exact) mass is 733 g/mol. The quantitative estimate of drug-likeness (QED) is 0.129. The number of para-hydroxylation sites is 2. The summed E-state index contributed by atoms with van der Waals surface area (Å²) in [7, 11) is 2.13. The van der Waals surface area contributed by atoms with Crippen molar-refractivity contribution in [1.82, 2.24) is 15.6 Å². The van der Waals surface area contributed by atoms with Crippen molar-refractivity contribution in [2.75, 3.05) is 36.0 Å². The van der Waals surface area contributed by atoms with Gasteiger partial charge in [-0.05, 0) is 99.3 Å². The first kappa shape index (κ1) is 53.4. The fourth-order valence-electron chi connectivity index (χ4n) is 5.15. The molecule has 10 heteroatoms. The Balaban J connectivity index is -0.000000668. The van der Waals surface area contributed by atoms with Crippen LogP contribution in [-0.2, 0) is 4.79 Å². The Bertz CT molecular complexity index is 1130. The van der Waals surface area contributed by atoms with Gasteiger partial charge in [0.05, 0.1) is 0 Å². The molecule has 51 heavy (non-hydrogen) atoms. The highest BCUT2D eigenvalue weighted by atomic mass is 31.0. The Hall–Kier alpha value is -2.00. The average Bonchev–Trinajstić information content (AvgIpc) is 3.07. The van der Waals surface area contributed by atoms with Gasteiger partial charge in [-0.2, -0.15) is 0 Å². The van der Waals surface area contributed by atoms with E-state index in [9.17, 15) is 4.79 Å². The van der Waals surface area contributed by atoms with Crippen LogP contribution in [0.2, 0.25) is 6.82 Å². The predicted molar refractivity (Wildman–Crippen MR) is 234 cm³/mol. The van der Waals surface area contributed by atoms with Crippen LogP contribution in [0.3, 0.4) is 0 Å². The van der Waals surface area contributed by atoms with Gasteiger partial charge in [-0.25, -0.2) is 0 Å². The second-order valence-electron chi connectivity index (χ2n) is 14.7. The number of nitrogens with two attached hydrogens (primary N) is 1. The van der Waals surface area contributed by atoms with Crippen molar-refractivity contribution in [1.29, 1.82) is 0 Å². The van der Waals surface area contributed by atoms with E-state index in [4.69, 9.17) is 10.8 Å². The minimum atomic E-state index is -0.521. The van der Waals surface area contributed by atoms with Gasteiger partial charge in [-0.1, -0.05) is 88.3 Å². The summed E-state index contributed by atoms with van der Waals surface area (Å²) in [6.45, 7) is 30.6. The summed E-state index contributed by atoms with van der Waals surface area (Å²) >= 11 is 0. The minimum Gasteiger partial charge on any atom is -0.437 e. The number of carbonyl (C=O) groups is 1. The smallest absolute Gasteiger partial charge is 0.374 e. The largest absolute Gasteiger partial charge is 0.437 e. The highest BCUT2D eigenvalue weighted by Gasteiger charge is 2.38. The number of ketones is 1. The van der Waals surface area contributed by atoms with Crippen molar-refractivity contribution >= 4 is 33.6 Å². The van der Waals surface area contributed by atoms with Crippen molar-refractivity contribution in [3.8, 4) is 0 Å². The van der Waals surface area contributed by atoms with Crippen LogP contribution in [0.4, 0.5) is 11.4 Å². The van der Waals surface area contributed by atoms with Gasteiger partial charge in [0.15, 0.2) is 0 Å². The van der Waals surface area contributed by atoms with E-state index in [0.29, 0.717) is 24.7 Å². The maximum atomic E-state index is 11.0. The average molecular weight is 733 g/mol. The molecule has 2 aliphatic heterocycles. The van der Waals surface area contributed by atoms with Gasteiger partial charge in [-0.15, -0.1) is 0 Å². The van der Waals surface area contributed by atoms with Gasteiger partial charge in [0, 0.05) is 78.6 Å². The van der Waals surface area contributed by atoms with E-state index in [1.807, 2.05) is 73.6 Å². The lowest BCUT2D eigenvalue weighted by Gasteiger charge is -2.46. The predicted octanol–water partition coefficient (Wildman–Crippen LogP) is 8.56. The number of nitrogens with zero attached hydrogens (tertiary/aromatic N) is 2. The fraction of sp³-hybridized carbons (Fsp3) is 0.683. The third-order valence-electron chi connectivity index (χ3n) is 9.73. The summed E-state index contributed by atoms with van der Waals surface area (Å²) in [5.41, 5.74) is 7.95. The van der Waals surface area contributed by atoms with Crippen molar-refractivity contribution in [2.45, 2.75) is 159 Å². The van der Waals surface area contributed by atoms with E-state index in [1.165, 1.54) is 24.2 Å². The van der Waals surface area contributed by atoms with Crippen LogP contribution in [0.25, 0.3) is 0 Å². The lowest BCUT2D eigenvalue weighted by molar-refractivity contribution is -0.119. The molecule has 8 nitrogen and oxygen atoms in total. The van der Waals surface area contributed by atoms with E-state index >= 15 is 0 Å². The summed E-state index contributed by atoms with van der Waals surface area (Å²) in [5, 5.41) is 19.3. The molecule has 0 amide bonds. The van der Waals surface area contributed by atoms with Crippen molar-refractivity contribution < 1.29 is 9.82 Å². The molecule has 6 N–H and O–H groups in total. The molecule has 2 aromatic rings. The van der Waals surface area contributed by atoms with E-state index in [2.05, 4.69) is 105 Å². The van der Waals surface area contributed by atoms with Crippen LogP contribution >= 0.6 is 9.39 Å². The first-order chi connectivity index (χ1) is 22.9. The number of rotatable bonds is 9. The third-order valence-corrected chi connectivity index (χ3v) is 10.4. The van der Waals surface area contributed by atoms with Crippen LogP contribution in [0.15, 0.2) is 60.7 Å². The van der Waals surface area contributed by atoms with Gasteiger partial charge in [-0.3, -0.25) is 9.88 Å². The number of Topliss-reactive ketones (excluding diaryl/α,β-unsaturated/α-hetero) is 1. The van der Waals surface area contributed by atoms with Crippen LogP contribution < -0.4 is 31.2 Å². The Kier molecular flexibility index (Phi) is 27.1. The topological polar surface area (TPSA) is 106 Å². The fourth-order valence-corrected chi connectivity index (χ4v) is 5.51. The highest BCUT2D eigenvalue weighted by molar-refractivity contribution is 7.13. The zero-order valence-electron chi connectivity index (χ0n) is 33.5. The first-order valence-corrected chi connectivity index (χ1v) is 19.1. The summed E-state index contributed by atoms with van der Waals surface area (Å²) < 4.78 is 0. The lowest BCUT2D eigenvalue weighted by atomic mass is 9.76. The number of hydrogen-bond acceptors (Lipinski definition) is 8. The number of piperidine rings is 2. The Labute approximate surface area is 319 Å². The Morgan fingerprint density at radius 1 is 0.706 bits per heavy atom. The molecule has 0 aliphatic carbocycles. The summed E-state index contributed by atoms with van der Waals surface area (Å²) in [6.07, 6.45) is 3.81. The molecule has 0 saturated carbocycles. The summed E-state index contributed by atoms with van der Waals surface area (Å²) in [5.74, 6) is 0.396. The molecule has 0 bridgehead atoms. The molecular formula is C41H82BN6O2P. The summed E-state index contributed by atoms with van der Waals surface area (Å²) in [6, 6.07) is 21.6. The van der Waals surface area contributed by atoms with Crippen molar-refractivity contribution in [3.05, 3.63) is 60.7 Å². The molecule has 4 rings (SSSR count). The van der Waals surface area contributed by atoms with E-state index in [1.54, 1.807) is 6.82 Å². The molecule has 2 aliphatic rings. The Morgan fingerprint density at radius 2 is 1.08 bits per heavy atom. The van der Waals surface area contributed by atoms with Gasteiger partial charge >= 0.3 is 7.05 Å². The first-order valence-electron chi connectivity index (χ1n) is 18.5. The zero-order chi connectivity index (χ0) is 37.9. The van der Waals surface area contributed by atoms with Crippen LogP contribution in [-0.4, -0.2) is 72.2 Å². The molecule has 1 unspecified atom stereocenters. The molecule has 2 fully saturated rings. The van der Waals surface area contributed by atoms with Gasteiger partial charge in [0.1, 0.15) is 5.78 Å². The number of benzene rings is 2. The number of carbonyl (C=O) groups excluding carboxylic acids is 1. The molecule has 1 atom stereocenters. The van der Waals surface area contributed by atoms with Gasteiger partial charge in [0.25, 0.3) is 0 Å². The SMILES string of the molecule is C.C.CB(O)NC(C)(C)C(C)(C)N.CC.CC.CC(C)(NP)C(C)(C)NC1CCN(c2ccccc2)CC1.O=C1CCN(c2ccccc2)CC1. The maximum absolute atomic E-state index is 11.0.